The molecule has 26 heavy (non-hydrogen) atoms. The number of anilines is 1. The second-order valence-electron chi connectivity index (χ2n) is 5.73. The van der Waals surface area contributed by atoms with E-state index in [1.807, 2.05) is 25.1 Å². The molecule has 2 N–H and O–H groups in total. The minimum absolute atomic E-state index is 0.0298. The highest BCUT2D eigenvalue weighted by Gasteiger charge is 2.09. The van der Waals surface area contributed by atoms with Gasteiger partial charge in [-0.25, -0.2) is 5.43 Å². The minimum Gasteiger partial charge on any atom is -0.338 e. The van der Waals surface area contributed by atoms with Gasteiger partial charge in [0, 0.05) is 23.0 Å². The van der Waals surface area contributed by atoms with Gasteiger partial charge in [0.2, 0.25) is 0 Å². The Bertz CT molecular complexity index is 1150. The van der Waals surface area contributed by atoms with E-state index in [9.17, 15) is 10.1 Å². The Hall–Kier alpha value is -3.88. The molecule has 2 aromatic heterocycles. The van der Waals surface area contributed by atoms with Gasteiger partial charge in [0.05, 0.1) is 11.1 Å². The third-order valence-corrected chi connectivity index (χ3v) is 3.85. The molecule has 0 aliphatic rings. The van der Waals surface area contributed by atoms with E-state index in [0.717, 1.165) is 16.5 Å². The summed E-state index contributed by atoms with van der Waals surface area (Å²) in [4.78, 5) is 17.8. The van der Waals surface area contributed by atoms with Crippen LogP contribution >= 0.6 is 0 Å². The molecule has 4 rings (SSSR count). The lowest BCUT2D eigenvalue weighted by Crippen LogP contribution is -1.99. The summed E-state index contributed by atoms with van der Waals surface area (Å²) < 4.78 is 0. The van der Waals surface area contributed by atoms with Crippen molar-refractivity contribution in [3.63, 3.8) is 0 Å². The number of benzene rings is 2. The van der Waals surface area contributed by atoms with Gasteiger partial charge in [0.15, 0.2) is 5.65 Å². The molecule has 0 bridgehead atoms. The minimum atomic E-state index is -0.449. The molecular formula is C17H13N7O2. The number of rotatable bonds is 4. The summed E-state index contributed by atoms with van der Waals surface area (Å²) in [5, 5.41) is 23.9. The van der Waals surface area contributed by atoms with Gasteiger partial charge >= 0.3 is 0 Å². The van der Waals surface area contributed by atoms with Crippen LogP contribution in [0.25, 0.3) is 22.1 Å². The van der Waals surface area contributed by atoms with Crippen LogP contribution in [0, 0.1) is 17.0 Å². The number of nitro groups is 1. The molecule has 0 amide bonds. The number of aromatic nitrogens is 4. The molecule has 0 saturated heterocycles. The Balaban J connectivity index is 1.55. The lowest BCUT2D eigenvalue weighted by atomic mass is 10.2. The average Bonchev–Trinajstić information content (AvgIpc) is 2.99. The zero-order valence-corrected chi connectivity index (χ0v) is 13.7. The number of hydrogen-bond donors (Lipinski definition) is 2. The van der Waals surface area contributed by atoms with E-state index in [1.165, 1.54) is 18.3 Å². The van der Waals surface area contributed by atoms with Crippen molar-refractivity contribution >= 4 is 39.9 Å². The Kier molecular flexibility index (Phi) is 3.73. The summed E-state index contributed by atoms with van der Waals surface area (Å²) >= 11 is 0. The highest BCUT2D eigenvalue weighted by molar-refractivity contribution is 6.03. The molecule has 0 aliphatic carbocycles. The number of hydrazone groups is 1. The van der Waals surface area contributed by atoms with Crippen molar-refractivity contribution in [3.8, 4) is 0 Å². The van der Waals surface area contributed by atoms with Crippen LogP contribution in [0.5, 0.6) is 0 Å². The van der Waals surface area contributed by atoms with Gasteiger partial charge in [0.1, 0.15) is 5.52 Å². The monoisotopic (exact) mass is 347 g/mol. The van der Waals surface area contributed by atoms with E-state index >= 15 is 0 Å². The lowest BCUT2D eigenvalue weighted by Gasteiger charge is -1.97. The van der Waals surface area contributed by atoms with Crippen LogP contribution in [0.2, 0.25) is 0 Å². The second kappa shape index (κ2) is 6.20. The van der Waals surface area contributed by atoms with Crippen LogP contribution in [0.4, 0.5) is 11.6 Å². The van der Waals surface area contributed by atoms with E-state index in [0.29, 0.717) is 16.7 Å². The third-order valence-electron chi connectivity index (χ3n) is 3.85. The first-order valence-electron chi connectivity index (χ1n) is 7.76. The average molecular weight is 347 g/mol. The molecule has 0 radical (unpaired) electrons. The Morgan fingerprint density at radius 2 is 2.00 bits per heavy atom. The van der Waals surface area contributed by atoms with Crippen molar-refractivity contribution < 1.29 is 4.92 Å². The van der Waals surface area contributed by atoms with E-state index < -0.39 is 4.92 Å². The standard InChI is InChI=1S/C17H13N7O2/c1-10-2-7-14-13(8-10)15-16(19-14)20-17(23-21-15)22-18-9-11-3-5-12(6-4-11)24(25)26/h2-9H,1H3,(H2,19,20,22,23)/b18-9-. The van der Waals surface area contributed by atoms with Gasteiger partial charge in [-0.05, 0) is 36.8 Å². The first-order valence-corrected chi connectivity index (χ1v) is 7.76. The second-order valence-corrected chi connectivity index (χ2v) is 5.73. The van der Waals surface area contributed by atoms with Crippen molar-refractivity contribution in [1.29, 1.82) is 0 Å². The smallest absolute Gasteiger partial charge is 0.269 e. The Labute approximate surface area is 146 Å². The predicted octanol–water partition coefficient (Wildman–Crippen LogP) is 3.17. The first kappa shape index (κ1) is 15.6. The third kappa shape index (κ3) is 2.93. The Morgan fingerprint density at radius 1 is 1.19 bits per heavy atom. The molecule has 2 heterocycles. The molecule has 9 nitrogen and oxygen atoms in total. The molecule has 0 atom stereocenters. The fourth-order valence-electron chi connectivity index (χ4n) is 2.58. The van der Waals surface area contributed by atoms with Crippen molar-refractivity contribution in [2.24, 2.45) is 5.10 Å². The molecule has 9 heteroatoms. The zero-order chi connectivity index (χ0) is 18.1. The normalized spacial score (nSPS) is 11.4. The number of non-ortho nitro benzene ring substituents is 1. The zero-order valence-electron chi connectivity index (χ0n) is 13.7. The molecule has 0 unspecified atom stereocenters. The number of aryl methyl sites for hydroxylation is 1. The lowest BCUT2D eigenvalue weighted by molar-refractivity contribution is -0.384. The molecule has 0 saturated carbocycles. The predicted molar refractivity (Wildman–Crippen MR) is 98.2 cm³/mol. The Morgan fingerprint density at radius 3 is 2.77 bits per heavy atom. The molecular weight excluding hydrogens is 334 g/mol. The fraction of sp³-hybridized carbons (Fsp3) is 0.0588. The number of nitro benzene ring substituents is 1. The molecule has 4 aromatic rings. The molecule has 2 aromatic carbocycles. The SMILES string of the molecule is Cc1ccc2[nH]c3nc(N/N=C\c4ccc([N+](=O)[O-])cc4)nnc3c2c1. The van der Waals surface area contributed by atoms with Crippen LogP contribution in [0.1, 0.15) is 11.1 Å². The quantitative estimate of drug-likeness (QED) is 0.332. The summed E-state index contributed by atoms with van der Waals surface area (Å²) in [7, 11) is 0. The van der Waals surface area contributed by atoms with E-state index in [4.69, 9.17) is 0 Å². The fourth-order valence-corrected chi connectivity index (χ4v) is 2.58. The summed E-state index contributed by atoms with van der Waals surface area (Å²) in [5.41, 5.74) is 6.84. The molecule has 0 aliphatic heterocycles. The van der Waals surface area contributed by atoms with Crippen LogP contribution in [-0.2, 0) is 0 Å². The van der Waals surface area contributed by atoms with E-state index in [2.05, 4.69) is 30.7 Å². The summed E-state index contributed by atoms with van der Waals surface area (Å²) in [5.74, 6) is 0.249. The number of nitrogens with one attached hydrogen (secondary N) is 2. The van der Waals surface area contributed by atoms with Crippen LogP contribution < -0.4 is 5.43 Å². The van der Waals surface area contributed by atoms with Gasteiger partial charge < -0.3 is 4.98 Å². The molecule has 128 valence electrons. The summed E-state index contributed by atoms with van der Waals surface area (Å²) in [6.45, 7) is 2.02. The van der Waals surface area contributed by atoms with Crippen LogP contribution in [0.15, 0.2) is 47.6 Å². The van der Waals surface area contributed by atoms with Gasteiger partial charge in [-0.1, -0.05) is 11.6 Å². The van der Waals surface area contributed by atoms with Gasteiger partial charge in [-0.15, -0.1) is 10.2 Å². The van der Waals surface area contributed by atoms with Crippen molar-refractivity contribution in [2.75, 3.05) is 5.43 Å². The number of fused-ring (bicyclic) bond motifs is 3. The van der Waals surface area contributed by atoms with E-state index in [-0.39, 0.29) is 11.6 Å². The van der Waals surface area contributed by atoms with Gasteiger partial charge in [0.25, 0.3) is 11.6 Å². The maximum Gasteiger partial charge on any atom is 0.269 e. The summed E-state index contributed by atoms with van der Waals surface area (Å²) in [6.07, 6.45) is 1.52. The van der Waals surface area contributed by atoms with E-state index in [1.54, 1.807) is 12.1 Å². The molecule has 0 fully saturated rings. The maximum absolute atomic E-state index is 10.6. The topological polar surface area (TPSA) is 122 Å². The number of hydrogen-bond acceptors (Lipinski definition) is 7. The number of aromatic amines is 1. The first-order chi connectivity index (χ1) is 12.6. The highest BCUT2D eigenvalue weighted by atomic mass is 16.6. The van der Waals surface area contributed by atoms with Crippen molar-refractivity contribution in [3.05, 3.63) is 63.7 Å². The largest absolute Gasteiger partial charge is 0.338 e. The van der Waals surface area contributed by atoms with Crippen molar-refractivity contribution in [2.45, 2.75) is 6.92 Å². The van der Waals surface area contributed by atoms with Crippen LogP contribution in [0.3, 0.4) is 0 Å². The maximum atomic E-state index is 10.6. The van der Waals surface area contributed by atoms with Crippen LogP contribution in [-0.4, -0.2) is 31.3 Å². The number of nitrogens with zero attached hydrogens (tertiary/aromatic N) is 5. The number of H-pyrrole nitrogens is 1. The summed E-state index contributed by atoms with van der Waals surface area (Å²) in [6, 6.07) is 12.1. The van der Waals surface area contributed by atoms with Gasteiger partial charge in [-0.3, -0.25) is 10.1 Å². The van der Waals surface area contributed by atoms with Gasteiger partial charge in [-0.2, -0.15) is 10.1 Å². The highest BCUT2D eigenvalue weighted by Crippen LogP contribution is 2.23. The molecule has 0 spiro atoms. The van der Waals surface area contributed by atoms with Crippen molar-refractivity contribution in [1.82, 2.24) is 20.2 Å².